The molecule has 1 saturated carbocycles. The van der Waals surface area contributed by atoms with E-state index in [0.29, 0.717) is 11.3 Å². The summed E-state index contributed by atoms with van der Waals surface area (Å²) in [7, 11) is -1.44. The minimum atomic E-state index is -4.29. The zero-order valence-electron chi connectivity index (χ0n) is 24.7. The molecule has 1 atom stereocenters. The van der Waals surface area contributed by atoms with E-state index in [9.17, 15) is 22.4 Å². The number of ether oxygens (including phenoxy) is 2. The van der Waals surface area contributed by atoms with Crippen molar-refractivity contribution in [3.8, 4) is 11.5 Å². The number of hydrogen-bond acceptors (Lipinski definition) is 6. The van der Waals surface area contributed by atoms with Crippen LogP contribution in [-0.2, 0) is 26.2 Å². The van der Waals surface area contributed by atoms with E-state index in [4.69, 9.17) is 9.47 Å². The Balaban J connectivity index is 1.68. The third-order valence-corrected chi connectivity index (χ3v) is 9.42. The number of anilines is 1. The molecule has 0 aliphatic heterocycles. The second-order valence-corrected chi connectivity index (χ2v) is 12.4. The lowest BCUT2D eigenvalue weighted by molar-refractivity contribution is -0.139. The summed E-state index contributed by atoms with van der Waals surface area (Å²) >= 11 is 0. The van der Waals surface area contributed by atoms with Gasteiger partial charge in [-0.15, -0.1) is 0 Å². The summed E-state index contributed by atoms with van der Waals surface area (Å²) in [5.41, 5.74) is 0.868. The number of carbonyl (C=O) groups is 2. The predicted octanol–water partition coefficient (Wildman–Crippen LogP) is 4.90. The highest BCUT2D eigenvalue weighted by molar-refractivity contribution is 7.92. The minimum Gasteiger partial charge on any atom is -0.493 e. The molecule has 1 aliphatic carbocycles. The molecule has 1 fully saturated rings. The third-order valence-electron chi connectivity index (χ3n) is 7.65. The summed E-state index contributed by atoms with van der Waals surface area (Å²) in [6.07, 6.45) is 4.92. The number of amides is 2. The number of benzene rings is 3. The largest absolute Gasteiger partial charge is 0.493 e. The SMILES string of the molecule is COc1ccc(S(=O)(=O)N(CC(=O)N(Cc2ccc(F)cc2)C(C)C(=O)NC2CCCCC2)c2ccccc2)cc1OC. The fraction of sp³-hybridized carbons (Fsp3) is 0.375. The standard InChI is InChI=1S/C32H38FN3O6S/c1-23(32(38)34-26-10-6-4-7-11-26)35(21-24-14-16-25(33)17-15-24)31(37)22-36(27-12-8-5-9-13-27)43(39,40)28-18-19-29(41-2)30(20-28)42-3/h5,8-9,12-20,23,26H,4,6-7,10-11,21-22H2,1-3H3,(H,34,38). The maximum Gasteiger partial charge on any atom is 0.264 e. The first-order valence-corrected chi connectivity index (χ1v) is 15.7. The van der Waals surface area contributed by atoms with Crippen LogP contribution in [0.5, 0.6) is 11.5 Å². The smallest absolute Gasteiger partial charge is 0.264 e. The molecule has 1 aliphatic rings. The van der Waals surface area contributed by atoms with Crippen LogP contribution >= 0.6 is 0 Å². The number of halogens is 1. The van der Waals surface area contributed by atoms with E-state index in [1.807, 2.05) is 0 Å². The molecule has 0 spiro atoms. The predicted molar refractivity (Wildman–Crippen MR) is 162 cm³/mol. The summed E-state index contributed by atoms with van der Waals surface area (Å²) < 4.78 is 53.4. The quantitative estimate of drug-likeness (QED) is 0.312. The first-order valence-electron chi connectivity index (χ1n) is 14.3. The van der Waals surface area contributed by atoms with Crippen LogP contribution in [0.1, 0.15) is 44.6 Å². The summed E-state index contributed by atoms with van der Waals surface area (Å²) in [5.74, 6) is -0.776. The van der Waals surface area contributed by atoms with Gasteiger partial charge >= 0.3 is 0 Å². The number of sulfonamides is 1. The molecule has 0 saturated heterocycles. The molecule has 3 aromatic carbocycles. The van der Waals surface area contributed by atoms with Gasteiger partial charge in [0.1, 0.15) is 18.4 Å². The van der Waals surface area contributed by atoms with E-state index in [1.165, 1.54) is 61.6 Å². The van der Waals surface area contributed by atoms with Gasteiger partial charge in [-0.3, -0.25) is 13.9 Å². The van der Waals surface area contributed by atoms with Crippen LogP contribution in [0.4, 0.5) is 10.1 Å². The average molecular weight is 612 g/mol. The Morgan fingerprint density at radius 3 is 2.21 bits per heavy atom. The van der Waals surface area contributed by atoms with E-state index in [0.717, 1.165) is 36.4 Å². The first kappa shape index (κ1) is 31.8. The number of nitrogens with zero attached hydrogens (tertiary/aromatic N) is 2. The summed E-state index contributed by atoms with van der Waals surface area (Å²) in [6.45, 7) is 1.02. The zero-order chi connectivity index (χ0) is 31.0. The Bertz CT molecular complexity index is 1500. The first-order chi connectivity index (χ1) is 20.6. The van der Waals surface area contributed by atoms with Crippen LogP contribution in [-0.4, -0.2) is 58.0 Å². The number of carbonyl (C=O) groups excluding carboxylic acids is 2. The average Bonchev–Trinajstić information content (AvgIpc) is 3.03. The number of nitrogens with one attached hydrogen (secondary N) is 1. The van der Waals surface area contributed by atoms with Gasteiger partial charge in [0.25, 0.3) is 10.0 Å². The van der Waals surface area contributed by atoms with Crippen molar-refractivity contribution in [3.05, 3.63) is 84.2 Å². The molecule has 0 bridgehead atoms. The summed E-state index contributed by atoms with van der Waals surface area (Å²) in [4.78, 5) is 28.7. The van der Waals surface area contributed by atoms with Crippen LogP contribution in [0.25, 0.3) is 0 Å². The van der Waals surface area contributed by atoms with Crippen LogP contribution in [0.15, 0.2) is 77.7 Å². The van der Waals surface area contributed by atoms with Gasteiger partial charge < -0.3 is 19.7 Å². The van der Waals surface area contributed by atoms with Gasteiger partial charge in [-0.1, -0.05) is 49.6 Å². The lowest BCUT2D eigenvalue weighted by atomic mass is 9.95. The van der Waals surface area contributed by atoms with E-state index >= 15 is 0 Å². The van der Waals surface area contributed by atoms with Gasteiger partial charge in [0, 0.05) is 18.7 Å². The highest BCUT2D eigenvalue weighted by Crippen LogP contribution is 2.32. The number of rotatable bonds is 12. The monoisotopic (exact) mass is 611 g/mol. The second-order valence-electron chi connectivity index (χ2n) is 10.5. The Morgan fingerprint density at radius 2 is 1.58 bits per heavy atom. The molecule has 1 unspecified atom stereocenters. The van der Waals surface area contributed by atoms with Crippen LogP contribution in [0.3, 0.4) is 0 Å². The molecule has 4 rings (SSSR count). The molecule has 0 heterocycles. The van der Waals surface area contributed by atoms with E-state index in [-0.39, 0.29) is 34.8 Å². The number of methoxy groups -OCH3 is 2. The lowest BCUT2D eigenvalue weighted by Crippen LogP contribution is -2.53. The third kappa shape index (κ3) is 7.84. The summed E-state index contributed by atoms with van der Waals surface area (Å²) in [6, 6.07) is 17.2. The maximum atomic E-state index is 14.1. The van der Waals surface area contributed by atoms with Crippen molar-refractivity contribution < 1.29 is 31.9 Å². The number of para-hydroxylation sites is 1. The van der Waals surface area contributed by atoms with E-state index < -0.39 is 34.3 Å². The molecule has 9 nitrogen and oxygen atoms in total. The van der Waals surface area contributed by atoms with Crippen molar-refractivity contribution in [2.75, 3.05) is 25.1 Å². The van der Waals surface area contributed by atoms with Crippen LogP contribution < -0.4 is 19.1 Å². The number of hydrogen-bond donors (Lipinski definition) is 1. The second kappa shape index (κ2) is 14.4. The molecule has 43 heavy (non-hydrogen) atoms. The van der Waals surface area contributed by atoms with Crippen molar-refractivity contribution in [2.24, 2.45) is 0 Å². The Hall–Kier alpha value is -4.12. The lowest BCUT2D eigenvalue weighted by Gasteiger charge is -2.33. The maximum absolute atomic E-state index is 14.1. The Labute approximate surface area is 252 Å². The Morgan fingerprint density at radius 1 is 0.930 bits per heavy atom. The molecule has 3 aromatic rings. The molecule has 11 heteroatoms. The minimum absolute atomic E-state index is 0.0165. The fourth-order valence-corrected chi connectivity index (χ4v) is 6.60. The molecule has 2 amide bonds. The molecular weight excluding hydrogens is 573 g/mol. The van der Waals surface area contributed by atoms with Gasteiger partial charge in [0.15, 0.2) is 11.5 Å². The van der Waals surface area contributed by atoms with Crippen molar-refractivity contribution >= 4 is 27.5 Å². The highest BCUT2D eigenvalue weighted by Gasteiger charge is 2.33. The van der Waals surface area contributed by atoms with Crippen molar-refractivity contribution in [1.82, 2.24) is 10.2 Å². The van der Waals surface area contributed by atoms with Gasteiger partial charge in [-0.2, -0.15) is 0 Å². The van der Waals surface area contributed by atoms with Crippen LogP contribution in [0, 0.1) is 5.82 Å². The normalized spacial score (nSPS) is 14.4. The van der Waals surface area contributed by atoms with E-state index in [2.05, 4.69) is 5.32 Å². The van der Waals surface area contributed by atoms with Gasteiger partial charge in [0.2, 0.25) is 11.8 Å². The molecule has 230 valence electrons. The molecule has 0 aromatic heterocycles. The molecule has 1 N–H and O–H groups in total. The van der Waals surface area contributed by atoms with Gasteiger partial charge in [-0.25, -0.2) is 12.8 Å². The highest BCUT2D eigenvalue weighted by atomic mass is 32.2. The van der Waals surface area contributed by atoms with Gasteiger partial charge in [0.05, 0.1) is 24.8 Å². The van der Waals surface area contributed by atoms with Crippen molar-refractivity contribution in [1.29, 1.82) is 0 Å². The molecular formula is C32H38FN3O6S. The zero-order valence-corrected chi connectivity index (χ0v) is 25.5. The van der Waals surface area contributed by atoms with Crippen molar-refractivity contribution in [2.45, 2.75) is 62.6 Å². The van der Waals surface area contributed by atoms with E-state index in [1.54, 1.807) is 37.3 Å². The van der Waals surface area contributed by atoms with Crippen LogP contribution in [0.2, 0.25) is 0 Å². The van der Waals surface area contributed by atoms with Gasteiger partial charge in [-0.05, 0) is 61.7 Å². The Kier molecular flexibility index (Phi) is 10.6. The fourth-order valence-electron chi connectivity index (χ4n) is 5.17. The topological polar surface area (TPSA) is 105 Å². The molecule has 0 radical (unpaired) electrons. The summed E-state index contributed by atoms with van der Waals surface area (Å²) in [5, 5.41) is 3.06. The van der Waals surface area contributed by atoms with Crippen molar-refractivity contribution in [3.63, 3.8) is 0 Å².